The number of aromatic amines is 1. The van der Waals surface area contributed by atoms with Crippen LogP contribution in [0.5, 0.6) is 0 Å². The Labute approximate surface area is 101 Å². The van der Waals surface area contributed by atoms with Crippen molar-refractivity contribution in [1.29, 1.82) is 0 Å². The molecule has 0 saturated heterocycles. The Morgan fingerprint density at radius 1 is 1.24 bits per heavy atom. The van der Waals surface area contributed by atoms with Gasteiger partial charge in [0, 0.05) is 11.7 Å². The molecule has 17 heavy (non-hydrogen) atoms. The number of H-pyrrole nitrogens is 1. The van der Waals surface area contributed by atoms with E-state index < -0.39 is 0 Å². The minimum atomic E-state index is -0.334. The van der Waals surface area contributed by atoms with Crippen LogP contribution >= 0.6 is 0 Å². The molecule has 2 aromatic rings. The summed E-state index contributed by atoms with van der Waals surface area (Å²) in [5.41, 5.74) is 2.17. The van der Waals surface area contributed by atoms with Gasteiger partial charge in [0.15, 0.2) is 0 Å². The SMILES string of the molecule is OC(c1ccc2[nH]ccc2c1)C1CC=CCC1. The highest BCUT2D eigenvalue weighted by Gasteiger charge is 2.21. The second-order valence-electron chi connectivity index (χ2n) is 4.81. The molecule has 0 radical (unpaired) electrons. The van der Waals surface area contributed by atoms with Crippen LogP contribution < -0.4 is 0 Å². The lowest BCUT2D eigenvalue weighted by Gasteiger charge is -2.24. The van der Waals surface area contributed by atoms with Gasteiger partial charge in [-0.25, -0.2) is 0 Å². The Hall–Kier alpha value is -1.54. The summed E-state index contributed by atoms with van der Waals surface area (Å²) in [4.78, 5) is 3.17. The van der Waals surface area contributed by atoms with E-state index >= 15 is 0 Å². The third-order valence-electron chi connectivity index (χ3n) is 3.68. The van der Waals surface area contributed by atoms with Crippen molar-refractivity contribution in [3.05, 3.63) is 48.2 Å². The van der Waals surface area contributed by atoms with Gasteiger partial charge in [-0.1, -0.05) is 18.2 Å². The maximum Gasteiger partial charge on any atom is 0.0821 e. The summed E-state index contributed by atoms with van der Waals surface area (Å²) in [7, 11) is 0. The number of aliphatic hydroxyl groups is 1. The third-order valence-corrected chi connectivity index (χ3v) is 3.68. The Balaban J connectivity index is 1.88. The van der Waals surface area contributed by atoms with Gasteiger partial charge in [-0.05, 0) is 54.3 Å². The van der Waals surface area contributed by atoms with Crippen molar-refractivity contribution in [2.24, 2.45) is 5.92 Å². The second kappa shape index (κ2) is 4.38. The number of aromatic nitrogens is 1. The van der Waals surface area contributed by atoms with Crippen LogP contribution in [0.3, 0.4) is 0 Å². The predicted molar refractivity (Wildman–Crippen MR) is 69.7 cm³/mol. The highest BCUT2D eigenvalue weighted by molar-refractivity contribution is 5.80. The molecule has 0 fully saturated rings. The van der Waals surface area contributed by atoms with E-state index in [9.17, 15) is 5.11 Å². The molecule has 1 heterocycles. The van der Waals surface area contributed by atoms with E-state index in [1.54, 1.807) is 0 Å². The summed E-state index contributed by atoms with van der Waals surface area (Å²) in [6.07, 6.45) is 9.16. The molecule has 0 aliphatic heterocycles. The third kappa shape index (κ3) is 2.01. The average Bonchev–Trinajstić information content (AvgIpc) is 2.86. The Bertz CT molecular complexity index is 541. The predicted octanol–water partition coefficient (Wildman–Crippen LogP) is 3.56. The van der Waals surface area contributed by atoms with E-state index in [1.807, 2.05) is 24.4 Å². The van der Waals surface area contributed by atoms with Crippen LogP contribution in [0.15, 0.2) is 42.6 Å². The molecule has 1 aromatic heterocycles. The first-order chi connectivity index (χ1) is 8.34. The standard InChI is InChI=1S/C15H17NO/c17-15(11-4-2-1-3-5-11)13-6-7-14-12(10-13)8-9-16-14/h1-2,6-11,15-17H,3-5H2. The minimum Gasteiger partial charge on any atom is -0.388 e. The quantitative estimate of drug-likeness (QED) is 0.756. The fourth-order valence-electron chi connectivity index (χ4n) is 2.63. The van der Waals surface area contributed by atoms with Crippen LogP contribution in [-0.4, -0.2) is 10.1 Å². The summed E-state index contributed by atoms with van der Waals surface area (Å²) in [6, 6.07) is 8.22. The molecule has 0 saturated carbocycles. The number of fused-ring (bicyclic) bond motifs is 1. The highest BCUT2D eigenvalue weighted by atomic mass is 16.3. The molecule has 0 spiro atoms. The molecule has 2 unspecified atom stereocenters. The Morgan fingerprint density at radius 3 is 3.00 bits per heavy atom. The van der Waals surface area contributed by atoms with Crippen molar-refractivity contribution in [3.8, 4) is 0 Å². The fraction of sp³-hybridized carbons (Fsp3) is 0.333. The topological polar surface area (TPSA) is 36.0 Å². The highest BCUT2D eigenvalue weighted by Crippen LogP contribution is 2.32. The second-order valence-corrected chi connectivity index (χ2v) is 4.81. The van der Waals surface area contributed by atoms with E-state index in [1.165, 1.54) is 5.39 Å². The average molecular weight is 227 g/mol. The molecule has 0 bridgehead atoms. The van der Waals surface area contributed by atoms with Gasteiger partial charge < -0.3 is 10.1 Å². The number of allylic oxidation sites excluding steroid dienone is 2. The number of nitrogens with one attached hydrogen (secondary N) is 1. The zero-order valence-corrected chi connectivity index (χ0v) is 9.76. The summed E-state index contributed by atoms with van der Waals surface area (Å²) in [5, 5.41) is 11.6. The lowest BCUT2D eigenvalue weighted by Crippen LogP contribution is -2.13. The van der Waals surface area contributed by atoms with Crippen LogP contribution in [0, 0.1) is 5.92 Å². The van der Waals surface area contributed by atoms with Crippen LogP contribution in [0.2, 0.25) is 0 Å². The first kappa shape index (κ1) is 10.6. The van der Waals surface area contributed by atoms with Crippen LogP contribution in [-0.2, 0) is 0 Å². The number of hydrogen-bond acceptors (Lipinski definition) is 1. The molecular weight excluding hydrogens is 210 g/mol. The van der Waals surface area contributed by atoms with Crippen molar-refractivity contribution in [2.45, 2.75) is 25.4 Å². The normalized spacial score (nSPS) is 21.8. The van der Waals surface area contributed by atoms with Gasteiger partial charge in [-0.3, -0.25) is 0 Å². The smallest absolute Gasteiger partial charge is 0.0821 e. The lowest BCUT2D eigenvalue weighted by atomic mass is 9.86. The van der Waals surface area contributed by atoms with E-state index in [0.29, 0.717) is 5.92 Å². The maximum absolute atomic E-state index is 10.4. The fourth-order valence-corrected chi connectivity index (χ4v) is 2.63. The lowest BCUT2D eigenvalue weighted by molar-refractivity contribution is 0.103. The summed E-state index contributed by atoms with van der Waals surface area (Å²) in [6.45, 7) is 0. The van der Waals surface area contributed by atoms with Gasteiger partial charge >= 0.3 is 0 Å². The number of rotatable bonds is 2. The van der Waals surface area contributed by atoms with Crippen molar-refractivity contribution in [3.63, 3.8) is 0 Å². The van der Waals surface area contributed by atoms with Crippen LogP contribution in [0.25, 0.3) is 10.9 Å². The largest absolute Gasteiger partial charge is 0.388 e. The summed E-state index contributed by atoms with van der Waals surface area (Å²) >= 11 is 0. The zero-order valence-electron chi connectivity index (χ0n) is 9.76. The Kier molecular flexibility index (Phi) is 2.73. The Morgan fingerprint density at radius 2 is 2.18 bits per heavy atom. The minimum absolute atomic E-state index is 0.334. The van der Waals surface area contributed by atoms with Gasteiger partial charge in [0.2, 0.25) is 0 Å². The molecule has 2 heteroatoms. The summed E-state index contributed by atoms with van der Waals surface area (Å²) in [5.74, 6) is 0.372. The van der Waals surface area contributed by atoms with Crippen molar-refractivity contribution in [2.75, 3.05) is 0 Å². The van der Waals surface area contributed by atoms with E-state index in [2.05, 4.69) is 23.2 Å². The molecule has 3 rings (SSSR count). The number of aliphatic hydroxyl groups excluding tert-OH is 1. The number of hydrogen-bond donors (Lipinski definition) is 2. The molecule has 0 amide bonds. The van der Waals surface area contributed by atoms with Gasteiger partial charge in [-0.2, -0.15) is 0 Å². The van der Waals surface area contributed by atoms with E-state index in [0.717, 1.165) is 30.3 Å². The van der Waals surface area contributed by atoms with Crippen molar-refractivity contribution < 1.29 is 5.11 Å². The maximum atomic E-state index is 10.4. The van der Waals surface area contributed by atoms with E-state index in [4.69, 9.17) is 0 Å². The first-order valence-corrected chi connectivity index (χ1v) is 6.25. The van der Waals surface area contributed by atoms with Crippen LogP contribution in [0.1, 0.15) is 30.9 Å². The van der Waals surface area contributed by atoms with Gasteiger partial charge in [0.1, 0.15) is 0 Å². The molecule has 88 valence electrons. The van der Waals surface area contributed by atoms with Gasteiger partial charge in [-0.15, -0.1) is 0 Å². The van der Waals surface area contributed by atoms with E-state index in [-0.39, 0.29) is 6.10 Å². The monoisotopic (exact) mass is 227 g/mol. The van der Waals surface area contributed by atoms with Gasteiger partial charge in [0.25, 0.3) is 0 Å². The molecule has 2 N–H and O–H groups in total. The summed E-state index contributed by atoms with van der Waals surface area (Å²) < 4.78 is 0. The molecule has 1 aliphatic rings. The zero-order chi connectivity index (χ0) is 11.7. The van der Waals surface area contributed by atoms with Crippen molar-refractivity contribution >= 4 is 10.9 Å². The molecular formula is C15H17NO. The van der Waals surface area contributed by atoms with Crippen LogP contribution in [0.4, 0.5) is 0 Å². The number of benzene rings is 1. The molecule has 2 nitrogen and oxygen atoms in total. The molecule has 1 aromatic carbocycles. The van der Waals surface area contributed by atoms with Crippen molar-refractivity contribution in [1.82, 2.24) is 4.98 Å². The molecule has 2 atom stereocenters. The first-order valence-electron chi connectivity index (χ1n) is 6.25. The molecule has 1 aliphatic carbocycles. The van der Waals surface area contributed by atoms with Gasteiger partial charge in [0.05, 0.1) is 6.10 Å².